The van der Waals surface area contributed by atoms with Gasteiger partial charge in [-0.1, -0.05) is 0 Å². The highest BCUT2D eigenvalue weighted by molar-refractivity contribution is 5.85. The largest absolute Gasteiger partial charge is 0.391 e. The van der Waals surface area contributed by atoms with Gasteiger partial charge in [-0.2, -0.15) is 0 Å². The van der Waals surface area contributed by atoms with Crippen LogP contribution in [-0.4, -0.2) is 11.2 Å². The summed E-state index contributed by atoms with van der Waals surface area (Å²) < 4.78 is 64.3. The fourth-order valence-electron chi connectivity index (χ4n) is 1.16. The summed E-state index contributed by atoms with van der Waals surface area (Å²) in [5.41, 5.74) is 3.93. The van der Waals surface area contributed by atoms with Gasteiger partial charge < -0.3 is 10.8 Å². The van der Waals surface area contributed by atoms with E-state index in [1.54, 1.807) is 0 Å². The Hall–Kier alpha value is -0.920. The van der Waals surface area contributed by atoms with Gasteiger partial charge in [-0.3, -0.25) is 0 Å². The number of nitrogens with two attached hydrogens (primary N) is 1. The Morgan fingerprint density at radius 2 is 1.18 bits per heavy atom. The third-order valence-electron chi connectivity index (χ3n) is 2.10. The van der Waals surface area contributed by atoms with Gasteiger partial charge in [0.2, 0.25) is 5.82 Å². The second kappa shape index (κ2) is 5.61. The molecule has 2 atom stereocenters. The zero-order valence-corrected chi connectivity index (χ0v) is 9.29. The maximum atomic E-state index is 13.1. The van der Waals surface area contributed by atoms with Crippen molar-refractivity contribution < 1.29 is 27.1 Å². The first-order valence-electron chi connectivity index (χ1n) is 4.24. The fourth-order valence-corrected chi connectivity index (χ4v) is 1.16. The third-order valence-corrected chi connectivity index (χ3v) is 2.10. The van der Waals surface area contributed by atoms with Gasteiger partial charge in [0, 0.05) is 5.56 Å². The van der Waals surface area contributed by atoms with Gasteiger partial charge in [0.25, 0.3) is 0 Å². The summed E-state index contributed by atoms with van der Waals surface area (Å²) in [5.74, 6) is -10.5. The molecule has 0 aliphatic carbocycles. The summed E-state index contributed by atoms with van der Waals surface area (Å²) in [4.78, 5) is 0. The van der Waals surface area contributed by atoms with E-state index < -0.39 is 46.8 Å². The highest BCUT2D eigenvalue weighted by atomic mass is 35.5. The number of hydrogen-bond donors (Lipinski definition) is 2. The van der Waals surface area contributed by atoms with Crippen LogP contribution in [-0.2, 0) is 0 Å². The first-order valence-corrected chi connectivity index (χ1v) is 4.24. The van der Waals surface area contributed by atoms with Crippen LogP contribution >= 0.6 is 12.4 Å². The molecule has 2 nitrogen and oxygen atoms in total. The molecule has 0 heterocycles. The van der Waals surface area contributed by atoms with Gasteiger partial charge >= 0.3 is 0 Å². The summed E-state index contributed by atoms with van der Waals surface area (Å²) >= 11 is 0. The van der Waals surface area contributed by atoms with E-state index in [4.69, 9.17) is 10.8 Å². The van der Waals surface area contributed by atoms with Crippen molar-refractivity contribution in [3.05, 3.63) is 34.6 Å². The summed E-state index contributed by atoms with van der Waals surface area (Å²) in [6.07, 6.45) is -1.45. The van der Waals surface area contributed by atoms with Crippen LogP contribution < -0.4 is 5.73 Å². The second-order valence-electron chi connectivity index (χ2n) is 3.25. The molecule has 0 amide bonds. The molecule has 0 aromatic heterocycles. The normalized spacial score (nSPS) is 14.1. The minimum absolute atomic E-state index is 0. The number of hydrogen-bond acceptors (Lipinski definition) is 2. The van der Waals surface area contributed by atoms with Crippen LogP contribution in [0.25, 0.3) is 0 Å². The minimum atomic E-state index is -2.25. The Morgan fingerprint density at radius 3 is 1.47 bits per heavy atom. The summed E-state index contributed by atoms with van der Waals surface area (Å²) in [6.45, 7) is 1.07. The average Bonchev–Trinajstić information content (AvgIpc) is 2.23. The molecule has 0 spiro atoms. The van der Waals surface area contributed by atoms with Crippen LogP contribution in [0.15, 0.2) is 0 Å². The van der Waals surface area contributed by atoms with Crippen LogP contribution in [0, 0.1) is 29.1 Å². The van der Waals surface area contributed by atoms with Crippen molar-refractivity contribution in [2.75, 3.05) is 0 Å². The standard InChI is InChI=1S/C9H8F5NO.ClH/c1-2(16)9(15)3-4(10)6(12)8(14)7(13)5(3)11;/h2,9,16H,15H2,1H3;1H/t2-,9-;/m1./s1. The van der Waals surface area contributed by atoms with E-state index in [9.17, 15) is 22.0 Å². The molecule has 0 saturated carbocycles. The number of rotatable bonds is 2. The highest BCUT2D eigenvalue weighted by Gasteiger charge is 2.30. The maximum Gasteiger partial charge on any atom is 0.200 e. The van der Waals surface area contributed by atoms with Gasteiger partial charge in [0.1, 0.15) is 0 Å². The zero-order valence-electron chi connectivity index (χ0n) is 8.48. The van der Waals surface area contributed by atoms with E-state index in [0.717, 1.165) is 6.92 Å². The van der Waals surface area contributed by atoms with Crippen molar-refractivity contribution >= 4 is 12.4 Å². The molecule has 3 N–H and O–H groups in total. The van der Waals surface area contributed by atoms with Crippen molar-refractivity contribution in [1.82, 2.24) is 0 Å². The Kier molecular flexibility index (Phi) is 5.31. The van der Waals surface area contributed by atoms with Crippen LogP contribution in [0.3, 0.4) is 0 Å². The maximum absolute atomic E-state index is 13.1. The zero-order chi connectivity index (χ0) is 12.6. The smallest absolute Gasteiger partial charge is 0.200 e. The van der Waals surface area contributed by atoms with E-state index >= 15 is 0 Å². The molecule has 0 aliphatic rings. The van der Waals surface area contributed by atoms with Crippen molar-refractivity contribution in [3.63, 3.8) is 0 Å². The van der Waals surface area contributed by atoms with Crippen LogP contribution in [0.5, 0.6) is 0 Å². The van der Waals surface area contributed by atoms with Gasteiger partial charge in [-0.05, 0) is 6.92 Å². The molecular weight excluding hydrogens is 269 g/mol. The van der Waals surface area contributed by atoms with E-state index in [2.05, 4.69) is 0 Å². The van der Waals surface area contributed by atoms with Gasteiger partial charge in [0.05, 0.1) is 12.1 Å². The van der Waals surface area contributed by atoms with Crippen molar-refractivity contribution in [3.8, 4) is 0 Å². The van der Waals surface area contributed by atoms with Gasteiger partial charge in [-0.25, -0.2) is 22.0 Å². The summed E-state index contributed by atoms with van der Waals surface area (Å²) in [5, 5.41) is 8.98. The van der Waals surface area contributed by atoms with E-state index in [1.165, 1.54) is 0 Å². The molecular formula is C9H9ClF5NO. The van der Waals surface area contributed by atoms with E-state index in [0.29, 0.717) is 0 Å². The lowest BCUT2D eigenvalue weighted by Gasteiger charge is -2.17. The molecule has 0 radical (unpaired) electrons. The summed E-state index contributed by atoms with van der Waals surface area (Å²) in [7, 11) is 0. The molecule has 0 saturated heterocycles. The topological polar surface area (TPSA) is 46.2 Å². The molecule has 0 fully saturated rings. The van der Waals surface area contributed by atoms with Gasteiger partial charge in [0.15, 0.2) is 23.3 Å². The first-order chi connectivity index (χ1) is 7.29. The van der Waals surface area contributed by atoms with Crippen molar-refractivity contribution in [2.24, 2.45) is 5.73 Å². The fraction of sp³-hybridized carbons (Fsp3) is 0.333. The van der Waals surface area contributed by atoms with Crippen LogP contribution in [0.1, 0.15) is 18.5 Å². The lowest BCUT2D eigenvalue weighted by molar-refractivity contribution is 0.158. The molecule has 0 bridgehead atoms. The van der Waals surface area contributed by atoms with Crippen LogP contribution in [0.4, 0.5) is 22.0 Å². The number of aliphatic hydroxyl groups is 1. The monoisotopic (exact) mass is 277 g/mol. The highest BCUT2D eigenvalue weighted by Crippen LogP contribution is 2.27. The summed E-state index contributed by atoms with van der Waals surface area (Å²) in [6, 6.07) is -1.69. The molecule has 17 heavy (non-hydrogen) atoms. The second-order valence-corrected chi connectivity index (χ2v) is 3.25. The predicted octanol–water partition coefficient (Wildman–Crippen LogP) is 2.18. The Bertz CT molecular complexity index is 397. The molecule has 1 aromatic carbocycles. The molecule has 1 aromatic rings. The molecule has 0 aliphatic heterocycles. The Morgan fingerprint density at radius 1 is 0.882 bits per heavy atom. The quantitative estimate of drug-likeness (QED) is 0.494. The number of halogens is 6. The van der Waals surface area contributed by atoms with Crippen molar-refractivity contribution in [1.29, 1.82) is 0 Å². The SMILES string of the molecule is C[C@@H](O)[C@@H](N)c1c(F)c(F)c(F)c(F)c1F.Cl. The molecule has 1 rings (SSSR count). The minimum Gasteiger partial charge on any atom is -0.391 e. The van der Waals surface area contributed by atoms with Crippen molar-refractivity contribution in [2.45, 2.75) is 19.1 Å². The number of aliphatic hydroxyl groups excluding tert-OH is 1. The van der Waals surface area contributed by atoms with E-state index in [1.807, 2.05) is 0 Å². The third kappa shape index (κ3) is 2.67. The van der Waals surface area contributed by atoms with Gasteiger partial charge in [-0.15, -0.1) is 12.4 Å². The average molecular weight is 278 g/mol. The Balaban J connectivity index is 0.00000256. The lowest BCUT2D eigenvalue weighted by Crippen LogP contribution is -2.27. The molecule has 0 unspecified atom stereocenters. The molecule has 8 heteroatoms. The first kappa shape index (κ1) is 16.1. The molecule has 98 valence electrons. The Labute approximate surface area is 99.6 Å². The predicted molar refractivity (Wildman–Crippen MR) is 52.1 cm³/mol. The van der Waals surface area contributed by atoms with Crippen LogP contribution in [0.2, 0.25) is 0 Å². The number of benzene rings is 1. The lowest BCUT2D eigenvalue weighted by atomic mass is 10.0. The van der Waals surface area contributed by atoms with E-state index in [-0.39, 0.29) is 12.4 Å².